The van der Waals surface area contributed by atoms with E-state index in [0.717, 1.165) is 10.9 Å². The minimum atomic E-state index is -0.269. The molecule has 0 bridgehead atoms. The van der Waals surface area contributed by atoms with Crippen LogP contribution in [0.4, 0.5) is 5.13 Å². The Morgan fingerprint density at radius 2 is 2.08 bits per heavy atom. The van der Waals surface area contributed by atoms with Gasteiger partial charge in [-0.15, -0.1) is 11.3 Å². The van der Waals surface area contributed by atoms with Crippen molar-refractivity contribution in [2.45, 2.75) is 20.3 Å². The Balaban J connectivity index is 1.69. The van der Waals surface area contributed by atoms with E-state index in [4.69, 9.17) is 4.74 Å². The number of aryl methyl sites for hydroxylation is 1. The van der Waals surface area contributed by atoms with E-state index in [0.29, 0.717) is 17.4 Å². The molecule has 1 N–H and O–H groups in total. The lowest BCUT2D eigenvalue weighted by Crippen LogP contribution is -2.07. The number of nitrogens with one attached hydrogen (secondary N) is 1. The highest BCUT2D eigenvalue weighted by atomic mass is 32.1. The summed E-state index contributed by atoms with van der Waals surface area (Å²) in [4.78, 5) is 15.8. The first kappa shape index (κ1) is 17.1. The number of thiazole rings is 1. The van der Waals surface area contributed by atoms with Crippen molar-refractivity contribution < 1.29 is 9.53 Å². The van der Waals surface area contributed by atoms with Gasteiger partial charge in [-0.3, -0.25) is 10.2 Å². The molecule has 3 rings (SSSR count). The van der Waals surface area contributed by atoms with Crippen LogP contribution in [-0.4, -0.2) is 23.8 Å². The lowest BCUT2D eigenvalue weighted by Gasteiger charge is -2.05. The topological polar surface area (TPSA) is 63.6 Å². The first-order chi connectivity index (χ1) is 12.2. The van der Waals surface area contributed by atoms with Crippen molar-refractivity contribution in [2.24, 2.45) is 5.10 Å². The van der Waals surface area contributed by atoms with Gasteiger partial charge >= 0.3 is 5.97 Å². The van der Waals surface area contributed by atoms with E-state index in [1.807, 2.05) is 17.5 Å². The number of hydrogen-bond acceptors (Lipinski definition) is 6. The van der Waals surface area contributed by atoms with Gasteiger partial charge in [-0.2, -0.15) is 5.10 Å². The molecule has 0 unspecified atom stereocenters. The molecule has 0 spiro atoms. The molecule has 0 aliphatic heterocycles. The van der Waals surface area contributed by atoms with Crippen molar-refractivity contribution in [2.75, 3.05) is 12.0 Å². The molecule has 1 aromatic heterocycles. The molecule has 5 nitrogen and oxygen atoms in total. The van der Waals surface area contributed by atoms with E-state index >= 15 is 0 Å². The number of carbonyl (C=O) groups excluding carboxylic acids is 1. The summed E-state index contributed by atoms with van der Waals surface area (Å²) in [6.07, 6.45) is 1.96. The van der Waals surface area contributed by atoms with Crippen molar-refractivity contribution in [3.63, 3.8) is 0 Å². The zero-order chi connectivity index (χ0) is 17.6. The summed E-state index contributed by atoms with van der Waals surface area (Å²) >= 11 is 1.41. The van der Waals surface area contributed by atoms with E-state index < -0.39 is 0 Å². The highest BCUT2D eigenvalue weighted by molar-refractivity contribution is 7.13. The molecule has 2 aromatic carbocycles. The monoisotopic (exact) mass is 353 g/mol. The number of aromatic nitrogens is 1. The number of esters is 1. The maximum Gasteiger partial charge on any atom is 0.311 e. The molecule has 0 amide bonds. The number of carbonyl (C=O) groups is 1. The molecule has 0 radical (unpaired) electrons. The first-order valence-electron chi connectivity index (χ1n) is 8.05. The molecule has 1 heterocycles. The fourth-order valence-electron chi connectivity index (χ4n) is 2.54. The average Bonchev–Trinajstić information content (AvgIpc) is 3.04. The third-order valence-corrected chi connectivity index (χ3v) is 4.52. The Hall–Kier alpha value is -2.73. The van der Waals surface area contributed by atoms with Gasteiger partial charge in [-0.05, 0) is 30.2 Å². The number of hydrogen-bond donors (Lipinski definition) is 1. The summed E-state index contributed by atoms with van der Waals surface area (Å²) in [5, 5.41) is 9.13. The molecule has 6 heteroatoms. The predicted molar refractivity (Wildman–Crippen MR) is 102 cm³/mol. The zero-order valence-corrected chi connectivity index (χ0v) is 15.0. The van der Waals surface area contributed by atoms with Gasteiger partial charge in [0.1, 0.15) is 0 Å². The molecule has 0 atom stereocenters. The smallest absolute Gasteiger partial charge is 0.311 e. The summed E-state index contributed by atoms with van der Waals surface area (Å²) in [6, 6.07) is 12.4. The number of hydrazone groups is 1. The van der Waals surface area contributed by atoms with Crippen molar-refractivity contribution in [1.82, 2.24) is 4.98 Å². The van der Waals surface area contributed by atoms with Crippen LogP contribution < -0.4 is 5.43 Å². The number of anilines is 1. The van der Waals surface area contributed by atoms with Gasteiger partial charge in [-0.1, -0.05) is 36.4 Å². The first-order valence-corrected chi connectivity index (χ1v) is 8.93. The van der Waals surface area contributed by atoms with Gasteiger partial charge in [0, 0.05) is 10.9 Å². The second-order valence-corrected chi connectivity index (χ2v) is 6.37. The molecule has 0 saturated heterocycles. The highest BCUT2D eigenvalue weighted by Crippen LogP contribution is 2.21. The average molecular weight is 353 g/mol. The van der Waals surface area contributed by atoms with Crippen molar-refractivity contribution in [1.29, 1.82) is 0 Å². The number of ether oxygens (including phenoxy) is 1. The molecule has 0 aliphatic carbocycles. The van der Waals surface area contributed by atoms with Crippen LogP contribution in [0.15, 0.2) is 46.9 Å². The molecule has 0 fully saturated rings. The predicted octanol–water partition coefficient (Wildman–Crippen LogP) is 4.16. The molecule has 25 heavy (non-hydrogen) atoms. The third-order valence-electron chi connectivity index (χ3n) is 3.72. The normalized spacial score (nSPS) is 11.1. The van der Waals surface area contributed by atoms with Gasteiger partial charge in [0.2, 0.25) is 5.13 Å². The Morgan fingerprint density at radius 1 is 1.28 bits per heavy atom. The van der Waals surface area contributed by atoms with Crippen LogP contribution in [0.2, 0.25) is 0 Å². The van der Waals surface area contributed by atoms with Crippen LogP contribution in [0.1, 0.15) is 23.7 Å². The Bertz CT molecular complexity index is 918. The number of benzene rings is 2. The molecular formula is C19H19N3O2S. The summed E-state index contributed by atoms with van der Waals surface area (Å²) < 4.78 is 4.92. The third kappa shape index (κ3) is 4.22. The second kappa shape index (κ2) is 7.90. The molecule has 128 valence electrons. The van der Waals surface area contributed by atoms with Crippen LogP contribution in [0.5, 0.6) is 0 Å². The van der Waals surface area contributed by atoms with Crippen molar-refractivity contribution in [3.8, 4) is 0 Å². The van der Waals surface area contributed by atoms with Crippen LogP contribution in [0.25, 0.3) is 10.8 Å². The SMILES string of the molecule is CCOC(=O)Cc1csc(NN=Cc2ccc(C)c3ccccc23)n1. The van der Waals surface area contributed by atoms with Gasteiger partial charge in [0.05, 0.1) is 24.9 Å². The Kier molecular flexibility index (Phi) is 5.40. The van der Waals surface area contributed by atoms with E-state index in [9.17, 15) is 4.79 Å². The van der Waals surface area contributed by atoms with Crippen LogP contribution in [0, 0.1) is 6.92 Å². The highest BCUT2D eigenvalue weighted by Gasteiger charge is 2.08. The standard InChI is InChI=1S/C19H19N3O2S/c1-3-24-18(23)10-15-12-25-19(21-15)22-20-11-14-9-8-13(2)16-6-4-5-7-17(14)16/h4-9,11-12H,3,10H2,1-2H3,(H,21,22). The van der Waals surface area contributed by atoms with E-state index in [2.05, 4.69) is 46.7 Å². The molecule has 3 aromatic rings. The molecule has 0 aliphatic rings. The van der Waals surface area contributed by atoms with E-state index in [1.165, 1.54) is 22.3 Å². The van der Waals surface area contributed by atoms with Gasteiger partial charge in [0.25, 0.3) is 0 Å². The maximum atomic E-state index is 11.5. The number of rotatable bonds is 6. The van der Waals surface area contributed by atoms with Crippen molar-refractivity contribution >= 4 is 39.4 Å². The number of nitrogens with zero attached hydrogens (tertiary/aromatic N) is 2. The fourth-order valence-corrected chi connectivity index (χ4v) is 3.20. The van der Waals surface area contributed by atoms with E-state index in [1.54, 1.807) is 13.1 Å². The minimum absolute atomic E-state index is 0.179. The van der Waals surface area contributed by atoms with Gasteiger partial charge in [-0.25, -0.2) is 4.98 Å². The van der Waals surface area contributed by atoms with Crippen LogP contribution in [0.3, 0.4) is 0 Å². The van der Waals surface area contributed by atoms with Crippen LogP contribution >= 0.6 is 11.3 Å². The molecular weight excluding hydrogens is 334 g/mol. The lowest BCUT2D eigenvalue weighted by molar-refractivity contribution is -0.142. The quantitative estimate of drug-likeness (QED) is 0.411. The zero-order valence-electron chi connectivity index (χ0n) is 14.2. The number of fused-ring (bicyclic) bond motifs is 1. The van der Waals surface area contributed by atoms with E-state index in [-0.39, 0.29) is 12.4 Å². The summed E-state index contributed by atoms with van der Waals surface area (Å²) in [7, 11) is 0. The summed E-state index contributed by atoms with van der Waals surface area (Å²) in [6.45, 7) is 4.26. The van der Waals surface area contributed by atoms with Crippen LogP contribution in [-0.2, 0) is 16.0 Å². The molecule has 0 saturated carbocycles. The second-order valence-electron chi connectivity index (χ2n) is 5.51. The summed E-state index contributed by atoms with van der Waals surface area (Å²) in [5.41, 5.74) is 5.88. The largest absolute Gasteiger partial charge is 0.466 e. The summed E-state index contributed by atoms with van der Waals surface area (Å²) in [5.74, 6) is -0.269. The lowest BCUT2D eigenvalue weighted by atomic mass is 10.0. The Morgan fingerprint density at radius 3 is 2.88 bits per heavy atom. The van der Waals surface area contributed by atoms with Crippen molar-refractivity contribution in [3.05, 3.63) is 58.6 Å². The fraction of sp³-hybridized carbons (Fsp3) is 0.211. The van der Waals surface area contributed by atoms with Gasteiger partial charge < -0.3 is 4.74 Å². The minimum Gasteiger partial charge on any atom is -0.466 e. The van der Waals surface area contributed by atoms with Gasteiger partial charge in [0.15, 0.2) is 0 Å². The maximum absolute atomic E-state index is 11.5. The Labute approximate surface area is 150 Å².